The number of amides is 1. The van der Waals surface area contributed by atoms with Gasteiger partial charge in [0.15, 0.2) is 0 Å². The van der Waals surface area contributed by atoms with E-state index in [0.717, 1.165) is 6.42 Å². The predicted molar refractivity (Wildman–Crippen MR) is 117 cm³/mol. The van der Waals surface area contributed by atoms with Crippen LogP contribution < -0.4 is 15.0 Å². The first kappa shape index (κ1) is 24.1. The summed E-state index contributed by atoms with van der Waals surface area (Å²) in [5.74, 6) is -0.835. The number of carboxylic acid groups (broad SMARTS) is 1. The summed E-state index contributed by atoms with van der Waals surface area (Å²) in [6.45, 7) is 1.40. The van der Waals surface area contributed by atoms with Gasteiger partial charge in [-0.25, -0.2) is 4.98 Å². The van der Waals surface area contributed by atoms with E-state index in [2.05, 4.69) is 31.0 Å². The van der Waals surface area contributed by atoms with Crippen LogP contribution in [0.2, 0.25) is 0 Å². The Balaban J connectivity index is 1.58. The Morgan fingerprint density at radius 2 is 2.06 bits per heavy atom. The molecule has 1 aliphatic rings. The average molecular weight is 535 g/mol. The van der Waals surface area contributed by atoms with Gasteiger partial charge in [-0.2, -0.15) is 0 Å². The summed E-state index contributed by atoms with van der Waals surface area (Å²) in [7, 11) is 0. The highest BCUT2D eigenvalue weighted by molar-refractivity contribution is 9.10. The standard InChI is InChI=1S/C20H19BrClF2N3O5/c21-16-9-12(19(30)26-13-1-3-14(4-2-13)32-20(22,23)24)10-25-18(16)27-7-5-15(11-27)31-8-6-17(28)29/h1-4,9-10,15H,5-8,11H2,(H,26,30)(H,28,29). The smallest absolute Gasteiger partial charge is 0.481 e. The van der Waals surface area contributed by atoms with E-state index in [4.69, 9.17) is 21.4 Å². The average Bonchev–Trinajstić information content (AvgIpc) is 3.16. The lowest BCUT2D eigenvalue weighted by Crippen LogP contribution is -2.25. The van der Waals surface area contributed by atoms with E-state index in [1.165, 1.54) is 30.5 Å². The number of aliphatic carboxylic acids is 1. The van der Waals surface area contributed by atoms with Gasteiger partial charge >= 0.3 is 11.5 Å². The van der Waals surface area contributed by atoms with Gasteiger partial charge in [0.05, 0.1) is 29.2 Å². The van der Waals surface area contributed by atoms with Crippen molar-refractivity contribution in [3.05, 3.63) is 46.6 Å². The largest absolute Gasteiger partial charge is 0.487 e. The van der Waals surface area contributed by atoms with Crippen molar-refractivity contribution in [3.63, 3.8) is 0 Å². The van der Waals surface area contributed by atoms with Crippen LogP contribution in [0.5, 0.6) is 5.75 Å². The van der Waals surface area contributed by atoms with Gasteiger partial charge in [-0.1, -0.05) is 0 Å². The number of nitrogens with one attached hydrogen (secondary N) is 1. The Hall–Kier alpha value is -2.50. The zero-order valence-electron chi connectivity index (χ0n) is 16.6. The third-order valence-corrected chi connectivity index (χ3v) is 5.20. The summed E-state index contributed by atoms with van der Waals surface area (Å²) in [5.41, 5.74) is -3.15. The summed E-state index contributed by atoms with van der Waals surface area (Å²) in [5, 5.41) is 11.3. The third-order valence-electron chi connectivity index (χ3n) is 4.54. The summed E-state index contributed by atoms with van der Waals surface area (Å²) in [6, 6.07) is 6.95. The van der Waals surface area contributed by atoms with Crippen LogP contribution in [0.15, 0.2) is 41.0 Å². The first-order valence-electron chi connectivity index (χ1n) is 9.52. The molecular weight excluding hydrogens is 516 g/mol. The summed E-state index contributed by atoms with van der Waals surface area (Å²) in [4.78, 5) is 29.5. The number of alkyl halides is 3. The SMILES string of the molecule is O=C(O)CCOC1CCN(c2ncc(C(=O)Nc3ccc(OC(F)(F)Cl)cc3)cc2Br)C1. The normalized spacial score (nSPS) is 16.1. The highest BCUT2D eigenvalue weighted by atomic mass is 79.9. The molecule has 12 heteroatoms. The Kier molecular flexibility index (Phi) is 7.86. The van der Waals surface area contributed by atoms with Gasteiger partial charge in [0.2, 0.25) is 0 Å². The molecule has 0 radical (unpaired) electrons. The van der Waals surface area contributed by atoms with Crippen molar-refractivity contribution in [3.8, 4) is 5.75 Å². The van der Waals surface area contributed by atoms with Gasteiger partial charge in [0.1, 0.15) is 11.6 Å². The lowest BCUT2D eigenvalue weighted by atomic mass is 10.2. The number of carbonyl (C=O) groups is 2. The number of hydrogen-bond acceptors (Lipinski definition) is 6. The molecule has 1 amide bonds. The van der Waals surface area contributed by atoms with Crippen LogP contribution in [0.25, 0.3) is 0 Å². The molecule has 0 spiro atoms. The van der Waals surface area contributed by atoms with E-state index in [9.17, 15) is 18.4 Å². The minimum absolute atomic E-state index is 0.0445. The van der Waals surface area contributed by atoms with Crippen LogP contribution in [0.4, 0.5) is 20.3 Å². The molecule has 3 rings (SSSR count). The van der Waals surface area contributed by atoms with Crippen molar-refractivity contribution < 1.29 is 33.0 Å². The van der Waals surface area contributed by atoms with Crippen molar-refractivity contribution in [2.75, 3.05) is 29.9 Å². The monoisotopic (exact) mass is 533 g/mol. The van der Waals surface area contributed by atoms with Crippen molar-refractivity contribution in [2.45, 2.75) is 24.5 Å². The van der Waals surface area contributed by atoms with Crippen LogP contribution in [0.1, 0.15) is 23.2 Å². The lowest BCUT2D eigenvalue weighted by Gasteiger charge is -2.19. The van der Waals surface area contributed by atoms with Crippen molar-refractivity contribution in [2.24, 2.45) is 0 Å². The van der Waals surface area contributed by atoms with Crippen molar-refractivity contribution >= 4 is 50.9 Å². The molecule has 1 aromatic carbocycles. The molecule has 1 atom stereocenters. The first-order valence-corrected chi connectivity index (χ1v) is 10.7. The second-order valence-electron chi connectivity index (χ2n) is 6.93. The number of carboxylic acids is 1. The molecule has 1 aromatic heterocycles. The Labute approximate surface area is 195 Å². The topological polar surface area (TPSA) is 101 Å². The summed E-state index contributed by atoms with van der Waals surface area (Å²) in [6.07, 6.45) is 2.04. The molecule has 8 nitrogen and oxygen atoms in total. The molecule has 2 aromatic rings. The van der Waals surface area contributed by atoms with Gasteiger partial charge < -0.3 is 24.8 Å². The fourth-order valence-corrected chi connectivity index (χ4v) is 3.79. The highest BCUT2D eigenvalue weighted by Gasteiger charge is 2.28. The van der Waals surface area contributed by atoms with Gasteiger partial charge in [0, 0.05) is 36.6 Å². The van der Waals surface area contributed by atoms with E-state index in [1.54, 1.807) is 6.07 Å². The number of nitrogens with zero attached hydrogens (tertiary/aromatic N) is 2. The van der Waals surface area contributed by atoms with E-state index in [-0.39, 0.29) is 24.9 Å². The minimum Gasteiger partial charge on any atom is -0.481 e. The van der Waals surface area contributed by atoms with Crippen molar-refractivity contribution in [1.29, 1.82) is 0 Å². The van der Waals surface area contributed by atoms with E-state index >= 15 is 0 Å². The van der Waals surface area contributed by atoms with Gasteiger partial charge in [0.25, 0.3) is 5.91 Å². The number of ether oxygens (including phenoxy) is 2. The number of halogens is 4. The first-order chi connectivity index (χ1) is 15.1. The molecule has 2 N–H and O–H groups in total. The molecule has 172 valence electrons. The zero-order chi connectivity index (χ0) is 23.3. The minimum atomic E-state index is -3.82. The molecule has 1 saturated heterocycles. The Bertz CT molecular complexity index is 975. The number of hydrogen-bond donors (Lipinski definition) is 2. The number of pyridine rings is 1. The Morgan fingerprint density at radius 1 is 1.34 bits per heavy atom. The number of benzene rings is 1. The maximum Gasteiger partial charge on any atom is 0.487 e. The van der Waals surface area contributed by atoms with Gasteiger partial charge in [-0.05, 0) is 52.7 Å². The zero-order valence-corrected chi connectivity index (χ0v) is 18.9. The molecule has 2 heterocycles. The molecule has 1 unspecified atom stereocenters. The van der Waals surface area contributed by atoms with Crippen LogP contribution >= 0.6 is 27.5 Å². The van der Waals surface area contributed by atoms with E-state index in [1.807, 2.05) is 4.90 Å². The van der Waals surface area contributed by atoms with Crippen LogP contribution in [-0.2, 0) is 9.53 Å². The molecule has 0 saturated carbocycles. The van der Waals surface area contributed by atoms with Crippen LogP contribution in [-0.4, -0.2) is 53.3 Å². The molecule has 1 fully saturated rings. The quantitative estimate of drug-likeness (QED) is 0.462. The summed E-state index contributed by atoms with van der Waals surface area (Å²) < 4.78 is 35.7. The number of carbonyl (C=O) groups excluding carboxylic acids is 1. The molecule has 1 aliphatic heterocycles. The van der Waals surface area contributed by atoms with Gasteiger partial charge in [-0.15, -0.1) is 8.78 Å². The fraction of sp³-hybridized carbons (Fsp3) is 0.350. The fourth-order valence-electron chi connectivity index (χ4n) is 3.10. The van der Waals surface area contributed by atoms with Gasteiger partial charge in [-0.3, -0.25) is 9.59 Å². The van der Waals surface area contributed by atoms with Crippen LogP contribution in [0.3, 0.4) is 0 Å². The number of rotatable bonds is 9. The molecule has 0 aliphatic carbocycles. The number of aromatic nitrogens is 1. The molecular formula is C20H19BrClF2N3O5. The highest BCUT2D eigenvalue weighted by Crippen LogP contribution is 2.29. The van der Waals surface area contributed by atoms with E-state index < -0.39 is 17.4 Å². The summed E-state index contributed by atoms with van der Waals surface area (Å²) >= 11 is 8.16. The second-order valence-corrected chi connectivity index (χ2v) is 8.22. The molecule has 32 heavy (non-hydrogen) atoms. The molecule has 0 bridgehead atoms. The Morgan fingerprint density at radius 3 is 2.69 bits per heavy atom. The van der Waals surface area contributed by atoms with Crippen molar-refractivity contribution in [1.82, 2.24) is 4.98 Å². The number of anilines is 2. The van der Waals surface area contributed by atoms with E-state index in [0.29, 0.717) is 34.6 Å². The second kappa shape index (κ2) is 10.4. The maximum absolute atomic E-state index is 12.7. The lowest BCUT2D eigenvalue weighted by molar-refractivity contribution is -0.138. The maximum atomic E-state index is 12.7. The predicted octanol–water partition coefficient (Wildman–Crippen LogP) is 4.33. The van der Waals surface area contributed by atoms with Crippen LogP contribution in [0, 0.1) is 0 Å². The third kappa shape index (κ3) is 7.01.